The fraction of sp³-hybridized carbons (Fsp3) is 0.125. The van der Waals surface area contributed by atoms with Gasteiger partial charge in [-0.25, -0.2) is 9.18 Å². The number of anilines is 3. The van der Waals surface area contributed by atoms with E-state index in [0.29, 0.717) is 17.1 Å². The van der Waals surface area contributed by atoms with Gasteiger partial charge in [0.05, 0.1) is 10.7 Å². The van der Waals surface area contributed by atoms with E-state index >= 15 is 0 Å². The van der Waals surface area contributed by atoms with Crippen LogP contribution in [0.15, 0.2) is 36.4 Å². The number of benzene rings is 2. The molecule has 23 heavy (non-hydrogen) atoms. The quantitative estimate of drug-likeness (QED) is 0.778. The summed E-state index contributed by atoms with van der Waals surface area (Å²) in [5, 5.41) is 7.92. The molecule has 0 aliphatic carbocycles. The lowest BCUT2D eigenvalue weighted by atomic mass is 10.2. The summed E-state index contributed by atoms with van der Waals surface area (Å²) in [7, 11) is 0. The van der Waals surface area contributed by atoms with Crippen LogP contribution < -0.4 is 16.0 Å². The fourth-order valence-corrected chi connectivity index (χ4v) is 2.11. The summed E-state index contributed by atoms with van der Waals surface area (Å²) in [6.07, 6.45) is 0. The Morgan fingerprint density at radius 2 is 1.74 bits per heavy atom. The topological polar surface area (TPSA) is 70.2 Å². The molecule has 0 saturated heterocycles. The van der Waals surface area contributed by atoms with Crippen molar-refractivity contribution in [2.24, 2.45) is 0 Å². The van der Waals surface area contributed by atoms with Crippen LogP contribution in [-0.2, 0) is 4.79 Å². The molecule has 0 aliphatic rings. The van der Waals surface area contributed by atoms with E-state index < -0.39 is 11.8 Å². The van der Waals surface area contributed by atoms with Crippen LogP contribution in [0.3, 0.4) is 0 Å². The van der Waals surface area contributed by atoms with Gasteiger partial charge in [-0.1, -0.05) is 17.7 Å². The Kier molecular flexibility index (Phi) is 5.18. The molecule has 0 radical (unpaired) electrons. The molecule has 0 atom stereocenters. The van der Waals surface area contributed by atoms with Crippen LogP contribution in [0, 0.1) is 12.7 Å². The number of nitrogens with one attached hydrogen (secondary N) is 3. The van der Waals surface area contributed by atoms with Crippen molar-refractivity contribution in [1.82, 2.24) is 0 Å². The summed E-state index contributed by atoms with van der Waals surface area (Å²) in [6, 6.07) is 8.26. The Labute approximate surface area is 137 Å². The minimum atomic E-state index is -0.531. The highest BCUT2D eigenvalue weighted by atomic mass is 35.5. The third-order valence-corrected chi connectivity index (χ3v) is 3.30. The third kappa shape index (κ3) is 4.69. The number of hydrogen-bond donors (Lipinski definition) is 3. The number of amides is 3. The first-order chi connectivity index (χ1) is 10.8. The summed E-state index contributed by atoms with van der Waals surface area (Å²) in [5.41, 5.74) is 2.26. The summed E-state index contributed by atoms with van der Waals surface area (Å²) in [4.78, 5) is 23.1. The molecule has 120 valence electrons. The Morgan fingerprint density at radius 1 is 1.00 bits per heavy atom. The van der Waals surface area contributed by atoms with Crippen molar-refractivity contribution in [3.63, 3.8) is 0 Å². The number of rotatable bonds is 3. The van der Waals surface area contributed by atoms with Crippen LogP contribution in [0.25, 0.3) is 0 Å². The van der Waals surface area contributed by atoms with Gasteiger partial charge in [0.25, 0.3) is 0 Å². The highest BCUT2D eigenvalue weighted by Gasteiger charge is 2.08. The average molecular weight is 336 g/mol. The fourth-order valence-electron chi connectivity index (χ4n) is 1.90. The Morgan fingerprint density at radius 3 is 2.39 bits per heavy atom. The van der Waals surface area contributed by atoms with E-state index in [4.69, 9.17) is 11.6 Å². The first-order valence-electron chi connectivity index (χ1n) is 6.76. The molecule has 0 spiro atoms. The lowest BCUT2D eigenvalue weighted by Crippen LogP contribution is -2.20. The van der Waals surface area contributed by atoms with Gasteiger partial charge in [-0.2, -0.15) is 0 Å². The molecule has 0 saturated carbocycles. The van der Waals surface area contributed by atoms with Crippen LogP contribution in [0.5, 0.6) is 0 Å². The second-order valence-corrected chi connectivity index (χ2v) is 5.32. The van der Waals surface area contributed by atoms with Crippen LogP contribution in [-0.4, -0.2) is 11.9 Å². The predicted octanol–water partition coefficient (Wildman–Crippen LogP) is 4.39. The van der Waals surface area contributed by atoms with Crippen molar-refractivity contribution >= 4 is 40.6 Å². The number of urea groups is 1. The van der Waals surface area contributed by atoms with Crippen molar-refractivity contribution in [2.45, 2.75) is 13.8 Å². The predicted molar refractivity (Wildman–Crippen MR) is 89.5 cm³/mol. The van der Waals surface area contributed by atoms with Gasteiger partial charge >= 0.3 is 6.03 Å². The highest BCUT2D eigenvalue weighted by molar-refractivity contribution is 6.33. The van der Waals surface area contributed by atoms with Gasteiger partial charge in [0.15, 0.2) is 0 Å². The van der Waals surface area contributed by atoms with Crippen LogP contribution in [0.1, 0.15) is 12.5 Å². The zero-order chi connectivity index (χ0) is 17.0. The van der Waals surface area contributed by atoms with Gasteiger partial charge in [0.1, 0.15) is 5.82 Å². The molecule has 0 fully saturated rings. The maximum Gasteiger partial charge on any atom is 0.323 e. The van der Waals surface area contributed by atoms with Gasteiger partial charge in [0.2, 0.25) is 5.91 Å². The van der Waals surface area contributed by atoms with E-state index in [-0.39, 0.29) is 10.9 Å². The molecule has 5 nitrogen and oxygen atoms in total. The van der Waals surface area contributed by atoms with Crippen molar-refractivity contribution in [3.05, 3.63) is 52.8 Å². The minimum Gasteiger partial charge on any atom is -0.326 e. The summed E-state index contributed by atoms with van der Waals surface area (Å²) in [6.45, 7) is 3.25. The molecule has 0 heterocycles. The Hall–Kier alpha value is -2.60. The number of carbonyl (C=O) groups is 2. The minimum absolute atomic E-state index is 0.1000. The summed E-state index contributed by atoms with van der Waals surface area (Å²) < 4.78 is 13.0. The molecular weight excluding hydrogens is 321 g/mol. The normalized spacial score (nSPS) is 10.1. The van der Waals surface area contributed by atoms with Gasteiger partial charge in [-0.3, -0.25) is 4.79 Å². The standard InChI is InChI=1S/C16H15ClFN3O2/c1-9-3-5-12(8-15(9)19-10(2)22)20-16(23)21-14-6-4-11(18)7-13(14)17/h3-8H,1-2H3,(H,19,22)(H2,20,21,23). The van der Waals surface area contributed by atoms with E-state index in [1.54, 1.807) is 18.2 Å². The van der Waals surface area contributed by atoms with E-state index in [1.165, 1.54) is 19.1 Å². The molecule has 2 aromatic rings. The van der Waals surface area contributed by atoms with Crippen LogP contribution in [0.4, 0.5) is 26.2 Å². The Bertz CT molecular complexity index is 765. The lowest BCUT2D eigenvalue weighted by Gasteiger charge is -2.12. The number of carbonyl (C=O) groups excluding carboxylic acids is 2. The zero-order valence-electron chi connectivity index (χ0n) is 12.5. The van der Waals surface area contributed by atoms with Crippen LogP contribution in [0.2, 0.25) is 5.02 Å². The molecular formula is C16H15ClFN3O2. The first kappa shape index (κ1) is 16.8. The van der Waals surface area contributed by atoms with Gasteiger partial charge < -0.3 is 16.0 Å². The molecule has 3 N–H and O–H groups in total. The second-order valence-electron chi connectivity index (χ2n) is 4.91. The summed E-state index contributed by atoms with van der Waals surface area (Å²) >= 11 is 5.85. The van der Waals surface area contributed by atoms with E-state index in [2.05, 4.69) is 16.0 Å². The molecule has 0 unspecified atom stereocenters. The molecule has 7 heteroatoms. The molecule has 3 amide bonds. The third-order valence-electron chi connectivity index (χ3n) is 2.99. The number of aryl methyl sites for hydroxylation is 1. The smallest absolute Gasteiger partial charge is 0.323 e. The van der Waals surface area contributed by atoms with Crippen molar-refractivity contribution in [1.29, 1.82) is 0 Å². The molecule has 0 aliphatic heterocycles. The van der Waals surface area contributed by atoms with Crippen molar-refractivity contribution in [3.8, 4) is 0 Å². The largest absolute Gasteiger partial charge is 0.326 e. The average Bonchev–Trinajstić information content (AvgIpc) is 2.45. The van der Waals surface area contributed by atoms with Crippen LogP contribution >= 0.6 is 11.6 Å². The Balaban J connectivity index is 2.09. The van der Waals surface area contributed by atoms with Gasteiger partial charge in [0, 0.05) is 18.3 Å². The molecule has 0 bridgehead atoms. The monoisotopic (exact) mass is 335 g/mol. The zero-order valence-corrected chi connectivity index (χ0v) is 13.3. The van der Waals surface area contributed by atoms with E-state index in [0.717, 1.165) is 11.6 Å². The number of halogens is 2. The van der Waals surface area contributed by atoms with Crippen molar-refractivity contribution < 1.29 is 14.0 Å². The maximum absolute atomic E-state index is 13.0. The molecule has 0 aromatic heterocycles. The SMILES string of the molecule is CC(=O)Nc1cc(NC(=O)Nc2ccc(F)cc2Cl)ccc1C. The van der Waals surface area contributed by atoms with E-state index in [9.17, 15) is 14.0 Å². The maximum atomic E-state index is 13.0. The molecule has 2 rings (SSSR count). The summed E-state index contributed by atoms with van der Waals surface area (Å²) in [5.74, 6) is -0.688. The number of hydrogen-bond acceptors (Lipinski definition) is 2. The van der Waals surface area contributed by atoms with Gasteiger partial charge in [-0.05, 0) is 42.8 Å². The van der Waals surface area contributed by atoms with E-state index in [1.807, 2.05) is 6.92 Å². The molecule has 2 aromatic carbocycles. The first-order valence-corrected chi connectivity index (χ1v) is 7.14. The second kappa shape index (κ2) is 7.11. The lowest BCUT2D eigenvalue weighted by molar-refractivity contribution is -0.114. The highest BCUT2D eigenvalue weighted by Crippen LogP contribution is 2.23. The van der Waals surface area contributed by atoms with Gasteiger partial charge in [-0.15, -0.1) is 0 Å². The van der Waals surface area contributed by atoms with Crippen molar-refractivity contribution in [2.75, 3.05) is 16.0 Å².